The van der Waals surface area contributed by atoms with E-state index in [1.807, 2.05) is 55.3 Å². The van der Waals surface area contributed by atoms with Gasteiger partial charge in [-0.15, -0.1) is 0 Å². The summed E-state index contributed by atoms with van der Waals surface area (Å²) in [7, 11) is 0. The summed E-state index contributed by atoms with van der Waals surface area (Å²) < 4.78 is 0. The molecule has 65 rings (SSSR count). The molecule has 120 heavy (non-hydrogen) atoms. The normalized spacial score (nSPS) is 23.8. The zero-order valence-electron chi connectivity index (χ0n) is 60.0. The Morgan fingerprint density at radius 1 is 0.0417 bits per heavy atom. The first-order valence-electron chi connectivity index (χ1n) is 45.5. The molecule has 56 aromatic carbocycles. The van der Waals surface area contributed by atoms with Crippen molar-refractivity contribution in [2.24, 2.45) is 0 Å². The Hall–Kier alpha value is -15.1. The van der Waals surface area contributed by atoms with E-state index in [1.54, 1.807) is 571 Å². The molecule has 0 heterocycles. The lowest BCUT2D eigenvalue weighted by atomic mass is 9.16. The van der Waals surface area contributed by atoms with Gasteiger partial charge in [-0.2, -0.15) is 0 Å². The SMILES string of the molecule is c12c3c4c5c6c7c8c9c%10c(c%11c%12c1c1c%13c3c3c5c5c6c6c%14c7c9c7c9c%10c%11c%10c%11c%12c1c1c%12c%13c3c3c5c5c6c6c%14c7c7c9c%10c9c%11c1c1c%12c3c5c3c6c7c9c13)C21C48C23c4c5c6c7c8c9c(c%10c%11c2c2c%12c4c4c%13c5c5c7c7c8c8c%14c9c%10c9c%10c%11c2c2c%11c%12c4c4c%12c%13c5c5c7c7c8c8c%14c9c9c%10c2c2c%11c4c4c%12c5c7c5c8c9c2c45)C613. The maximum absolute atomic E-state index is 1.89. The van der Waals surface area contributed by atoms with Crippen molar-refractivity contribution in [3.63, 3.8) is 0 Å². The van der Waals surface area contributed by atoms with E-state index in [4.69, 9.17) is 0 Å². The van der Waals surface area contributed by atoms with Gasteiger partial charge < -0.3 is 0 Å². The predicted octanol–water partition coefficient (Wildman–Crippen LogP) is 32.6. The van der Waals surface area contributed by atoms with Crippen molar-refractivity contribution in [2.45, 2.75) is 21.7 Å². The molecule has 480 valence electrons. The Morgan fingerprint density at radius 3 is 0.167 bits per heavy atom. The molecule has 1 fully saturated rings. The number of hydrogen-bond donors (Lipinski definition) is 0. The standard InChI is InChI=1S/C120/c1-2-6-13-5(1)23-27-19-9(1)15-16-10(2)20-28-24(6)42-46-31(13)45-41(23)57-53(27)69-65-37(19)33(15)49-50-34(16)38(20)66-70-54(28)58(42)82-86-62(46)61(45)85-81(57)95-91(69)99-77(65)73(49)89-74(50)78(66)100-92(70)96(82)110-104(86)103(85)109(95)117-113(99)107(89)114(100)118(110,117)120-112-98-84-60-44-26-8-4-3-7-14(8)32-47-43-25(7)29-21-11(3)17-18-12(4)22-30(26)56(60)72-68-40(22)36(18)52-51-35(17)39(21)67-71-55(29)59(43)83-87-63(47)64(48(32)44)88(84)106(112)105(87)111-97(83)93(71)101-79(67)75(51)90-76(52)80(68)102(94(72)98)116(120)108(90)115(101)119(111,117)120. The zero-order valence-corrected chi connectivity index (χ0v) is 60.0. The highest BCUT2D eigenvalue weighted by Gasteiger charge is 2.99. The Morgan fingerprint density at radius 2 is 0.0833 bits per heavy atom. The van der Waals surface area contributed by atoms with Crippen molar-refractivity contribution >= 4 is 582 Å². The summed E-state index contributed by atoms with van der Waals surface area (Å²) in [5, 5.41) is 186. The molecule has 0 amide bonds. The molecular weight excluding hydrogens is 1440 g/mol. The van der Waals surface area contributed by atoms with Gasteiger partial charge in [0.2, 0.25) is 0 Å². The van der Waals surface area contributed by atoms with Gasteiger partial charge in [-0.25, -0.2) is 0 Å². The maximum atomic E-state index is 1.89. The van der Waals surface area contributed by atoms with Gasteiger partial charge in [-0.1, -0.05) is 0 Å². The second-order valence-electron chi connectivity index (χ2n) is 46.5. The minimum Gasteiger partial charge on any atom is -0.0180 e. The smallest absolute Gasteiger partial charge is 0.0180 e. The molecule has 9 aliphatic carbocycles. The first kappa shape index (κ1) is 40.7. The molecule has 0 atom stereocenters. The highest BCUT2D eigenvalue weighted by atomic mass is 15.0. The summed E-state index contributed by atoms with van der Waals surface area (Å²) in [5.41, 5.74) is 12.8. The number of rotatable bonds is 0. The van der Waals surface area contributed by atoms with Gasteiger partial charge in [0.1, 0.15) is 0 Å². The van der Waals surface area contributed by atoms with Crippen molar-refractivity contribution in [1.29, 1.82) is 0 Å². The topological polar surface area (TPSA) is 0 Å². The molecule has 0 N–H and O–H groups in total. The first-order valence-corrected chi connectivity index (χ1v) is 45.5. The molecule has 0 aromatic heterocycles. The molecule has 56 aromatic rings. The quantitative estimate of drug-likeness (QED) is 0.133. The van der Waals surface area contributed by atoms with E-state index < -0.39 is 21.7 Å². The van der Waals surface area contributed by atoms with Gasteiger partial charge in [-0.05, 0) is 626 Å². The Kier molecular flexibility index (Phi) is 2.93. The Balaban J connectivity index is 0.820. The van der Waals surface area contributed by atoms with Crippen LogP contribution in [-0.2, 0) is 21.7 Å². The average Bonchev–Trinajstić information content (AvgIpc) is 1.34. The first-order chi connectivity index (χ1) is 60.0. The van der Waals surface area contributed by atoms with Crippen LogP contribution in [0.3, 0.4) is 0 Å². The molecule has 0 radical (unpaired) electrons. The number of benzene rings is 34. The van der Waals surface area contributed by atoms with Crippen LogP contribution in [0.5, 0.6) is 0 Å². The van der Waals surface area contributed by atoms with Gasteiger partial charge in [0, 0.05) is 0 Å². The summed E-state index contributed by atoms with van der Waals surface area (Å²) in [4.78, 5) is 0. The van der Waals surface area contributed by atoms with Crippen molar-refractivity contribution in [2.75, 3.05) is 0 Å². The van der Waals surface area contributed by atoms with Gasteiger partial charge in [0.25, 0.3) is 0 Å². The van der Waals surface area contributed by atoms with Crippen molar-refractivity contribution in [3.8, 4) is 0 Å². The summed E-state index contributed by atoms with van der Waals surface area (Å²) in [6, 6.07) is 0. The molecule has 9 aliphatic rings. The largest absolute Gasteiger partial charge is 0.0528 e. The van der Waals surface area contributed by atoms with E-state index in [1.165, 1.54) is 0 Å². The van der Waals surface area contributed by atoms with Crippen LogP contribution >= 0.6 is 0 Å². The van der Waals surface area contributed by atoms with E-state index in [9.17, 15) is 0 Å². The summed E-state index contributed by atoms with van der Waals surface area (Å²) in [5.74, 6) is 0. The summed E-state index contributed by atoms with van der Waals surface area (Å²) in [6.07, 6.45) is 0. The van der Waals surface area contributed by atoms with Crippen LogP contribution in [0.4, 0.5) is 0 Å². The monoisotopic (exact) mass is 1440 g/mol. The minimum absolute atomic E-state index is 0.589. The molecule has 4 spiro atoms. The van der Waals surface area contributed by atoms with Crippen molar-refractivity contribution in [3.05, 3.63) is 44.5 Å². The molecule has 0 aliphatic heterocycles. The average molecular weight is 1440 g/mol. The lowest BCUT2D eigenvalue weighted by Crippen LogP contribution is -2.87. The lowest BCUT2D eigenvalue weighted by molar-refractivity contribution is -0.0331. The molecule has 0 saturated heterocycles. The van der Waals surface area contributed by atoms with Crippen molar-refractivity contribution < 1.29 is 0 Å². The summed E-state index contributed by atoms with van der Waals surface area (Å²) in [6.45, 7) is 0. The van der Waals surface area contributed by atoms with Crippen LogP contribution in [0.2, 0.25) is 0 Å². The maximum Gasteiger partial charge on any atom is 0.0528 e. The molecule has 1 saturated carbocycles. The van der Waals surface area contributed by atoms with Crippen molar-refractivity contribution in [1.82, 2.24) is 0 Å². The minimum atomic E-state index is -0.589. The van der Waals surface area contributed by atoms with E-state index >= 15 is 0 Å². The van der Waals surface area contributed by atoms with E-state index in [0.29, 0.717) is 0 Å². The summed E-state index contributed by atoms with van der Waals surface area (Å²) >= 11 is 0. The Bertz CT molecular complexity index is 14100. The van der Waals surface area contributed by atoms with Crippen LogP contribution in [0.25, 0.3) is 582 Å². The molecule has 0 heteroatoms. The van der Waals surface area contributed by atoms with Crippen LogP contribution in [0.15, 0.2) is 0 Å². The van der Waals surface area contributed by atoms with Gasteiger partial charge in [0.05, 0.1) is 21.7 Å². The molecule has 0 nitrogen and oxygen atoms in total. The highest BCUT2D eigenvalue weighted by Crippen LogP contribution is 3.03. The third-order valence-electron chi connectivity index (χ3n) is 47.8. The van der Waals surface area contributed by atoms with Crippen LogP contribution < -0.4 is 0 Å². The van der Waals surface area contributed by atoms with Crippen LogP contribution in [0, 0.1) is 0 Å². The molecule has 0 bridgehead atoms. The third-order valence-corrected chi connectivity index (χ3v) is 47.8. The molecule has 0 unspecified atom stereocenters. The van der Waals surface area contributed by atoms with Gasteiger partial charge in [-0.3, -0.25) is 0 Å². The van der Waals surface area contributed by atoms with Gasteiger partial charge >= 0.3 is 0 Å². The second-order valence-corrected chi connectivity index (χ2v) is 46.5. The van der Waals surface area contributed by atoms with E-state index in [-0.39, 0.29) is 0 Å². The highest BCUT2D eigenvalue weighted by molar-refractivity contribution is 6.88. The number of hydrogen-bond acceptors (Lipinski definition) is 0. The zero-order chi connectivity index (χ0) is 69.0. The Labute approximate surface area is 643 Å². The lowest BCUT2D eigenvalue weighted by Gasteiger charge is -2.82. The fourth-order valence-electron chi connectivity index (χ4n) is 49.1. The van der Waals surface area contributed by atoms with Gasteiger partial charge in [0.15, 0.2) is 0 Å². The fraction of sp³-hybridized carbons (Fsp3) is 0.0333. The third kappa shape index (κ3) is 1.91. The van der Waals surface area contributed by atoms with E-state index in [0.717, 1.165) is 0 Å². The van der Waals surface area contributed by atoms with E-state index in [2.05, 4.69) is 0 Å². The second kappa shape index (κ2) is 8.64. The van der Waals surface area contributed by atoms with Crippen LogP contribution in [0.1, 0.15) is 44.5 Å². The molecular formula is C120. The van der Waals surface area contributed by atoms with Crippen LogP contribution in [-0.4, -0.2) is 0 Å². The predicted molar refractivity (Wildman–Crippen MR) is 508 cm³/mol. The fourth-order valence-corrected chi connectivity index (χ4v) is 49.1.